The summed E-state index contributed by atoms with van der Waals surface area (Å²) in [6, 6.07) is 10.7. The highest BCUT2D eigenvalue weighted by Crippen LogP contribution is 2.16. The van der Waals surface area contributed by atoms with Gasteiger partial charge in [0, 0.05) is 39.3 Å². The first-order valence-electron chi connectivity index (χ1n) is 10.0. The molecule has 2 rings (SSSR count). The molecule has 0 saturated carbocycles. The van der Waals surface area contributed by atoms with Gasteiger partial charge >= 0.3 is 0 Å². The van der Waals surface area contributed by atoms with Crippen molar-refractivity contribution in [2.75, 3.05) is 32.8 Å². The Morgan fingerprint density at radius 3 is 2.63 bits per heavy atom. The standard InChI is InChI=1S/C21H36N4O.HI/c1-18(2)9-13-24-21(22)23-12-6-16-26-20-10-14-25(15-11-20)17-19-7-4-3-5-8-19;/h3-5,7-8,18,20H,6,9-17H2,1-2H3,(H3,22,23,24);1H. The number of rotatable bonds is 10. The SMILES string of the molecule is CC(C)CCNC(N)=NCCCOC1CCN(Cc2ccccc2)CC1.I. The number of ether oxygens (including phenoxy) is 1. The lowest BCUT2D eigenvalue weighted by Crippen LogP contribution is -2.36. The smallest absolute Gasteiger partial charge is 0.188 e. The molecular weight excluding hydrogens is 451 g/mol. The fraction of sp³-hybridized carbons (Fsp3) is 0.667. The molecule has 0 unspecified atom stereocenters. The van der Waals surface area contributed by atoms with Gasteiger partial charge in [0.05, 0.1) is 6.10 Å². The number of nitrogens with zero attached hydrogens (tertiary/aromatic N) is 2. The summed E-state index contributed by atoms with van der Waals surface area (Å²) in [5.74, 6) is 1.24. The van der Waals surface area contributed by atoms with E-state index in [1.54, 1.807) is 0 Å². The van der Waals surface area contributed by atoms with Crippen LogP contribution in [0.2, 0.25) is 0 Å². The number of nitrogens with two attached hydrogens (primary N) is 1. The molecule has 1 saturated heterocycles. The van der Waals surface area contributed by atoms with Gasteiger partial charge in [-0.25, -0.2) is 0 Å². The highest BCUT2D eigenvalue weighted by molar-refractivity contribution is 14.0. The lowest BCUT2D eigenvalue weighted by molar-refractivity contribution is 0.00566. The van der Waals surface area contributed by atoms with Gasteiger partial charge < -0.3 is 15.8 Å². The van der Waals surface area contributed by atoms with E-state index in [0.717, 1.165) is 65.0 Å². The monoisotopic (exact) mass is 488 g/mol. The van der Waals surface area contributed by atoms with Crippen LogP contribution in [-0.2, 0) is 11.3 Å². The molecule has 0 radical (unpaired) electrons. The van der Waals surface area contributed by atoms with Crippen molar-refractivity contribution in [3.8, 4) is 0 Å². The lowest BCUT2D eigenvalue weighted by Gasteiger charge is -2.31. The van der Waals surface area contributed by atoms with Gasteiger partial charge in [-0.2, -0.15) is 0 Å². The Bertz CT molecular complexity index is 516. The zero-order chi connectivity index (χ0) is 18.6. The van der Waals surface area contributed by atoms with Crippen molar-refractivity contribution in [1.29, 1.82) is 0 Å². The number of benzene rings is 1. The molecule has 0 aliphatic carbocycles. The van der Waals surface area contributed by atoms with Crippen molar-refractivity contribution in [1.82, 2.24) is 10.2 Å². The van der Waals surface area contributed by atoms with E-state index in [1.807, 2.05) is 0 Å². The molecule has 0 spiro atoms. The summed E-state index contributed by atoms with van der Waals surface area (Å²) in [5, 5.41) is 3.16. The maximum absolute atomic E-state index is 6.02. The summed E-state index contributed by atoms with van der Waals surface area (Å²) in [6.07, 6.45) is 4.68. The Morgan fingerprint density at radius 1 is 1.26 bits per heavy atom. The summed E-state index contributed by atoms with van der Waals surface area (Å²) < 4.78 is 6.02. The summed E-state index contributed by atoms with van der Waals surface area (Å²) in [6.45, 7) is 10.1. The van der Waals surface area contributed by atoms with E-state index >= 15 is 0 Å². The Kier molecular flexibility index (Phi) is 12.7. The second-order valence-corrected chi connectivity index (χ2v) is 7.56. The van der Waals surface area contributed by atoms with Crippen molar-refractivity contribution in [3.63, 3.8) is 0 Å². The summed E-state index contributed by atoms with van der Waals surface area (Å²) >= 11 is 0. The number of guanidine groups is 1. The maximum atomic E-state index is 6.02. The molecule has 154 valence electrons. The zero-order valence-corrected chi connectivity index (χ0v) is 19.2. The highest BCUT2D eigenvalue weighted by atomic mass is 127. The molecule has 3 N–H and O–H groups in total. The maximum Gasteiger partial charge on any atom is 0.188 e. The zero-order valence-electron chi connectivity index (χ0n) is 16.9. The molecule has 0 amide bonds. The Balaban J connectivity index is 0.00000364. The van der Waals surface area contributed by atoms with Gasteiger partial charge in [0.1, 0.15) is 0 Å². The first kappa shape index (κ1) is 24.2. The minimum atomic E-state index is 0. The van der Waals surface area contributed by atoms with Crippen LogP contribution in [-0.4, -0.2) is 49.7 Å². The van der Waals surface area contributed by atoms with Gasteiger partial charge in [0.25, 0.3) is 0 Å². The number of hydrogen-bond acceptors (Lipinski definition) is 3. The molecule has 0 bridgehead atoms. The number of aliphatic imine (C=N–C) groups is 1. The van der Waals surface area contributed by atoms with E-state index in [0.29, 0.717) is 18.0 Å². The van der Waals surface area contributed by atoms with Crippen LogP contribution < -0.4 is 11.1 Å². The van der Waals surface area contributed by atoms with Crippen molar-refractivity contribution >= 4 is 29.9 Å². The molecule has 27 heavy (non-hydrogen) atoms. The first-order chi connectivity index (χ1) is 12.6. The van der Waals surface area contributed by atoms with Crippen LogP contribution >= 0.6 is 24.0 Å². The van der Waals surface area contributed by atoms with Crippen LogP contribution in [0.4, 0.5) is 0 Å². The van der Waals surface area contributed by atoms with Crippen LogP contribution in [0, 0.1) is 5.92 Å². The molecule has 0 aromatic heterocycles. The van der Waals surface area contributed by atoms with E-state index in [2.05, 4.69) is 59.4 Å². The van der Waals surface area contributed by atoms with Crippen LogP contribution in [0.5, 0.6) is 0 Å². The third kappa shape index (κ3) is 10.9. The third-order valence-electron chi connectivity index (χ3n) is 4.75. The fourth-order valence-electron chi connectivity index (χ4n) is 3.13. The Labute approximate surface area is 182 Å². The molecule has 0 atom stereocenters. The predicted molar refractivity (Wildman–Crippen MR) is 125 cm³/mol. The average molecular weight is 488 g/mol. The number of halogens is 1. The van der Waals surface area contributed by atoms with Crippen LogP contribution in [0.3, 0.4) is 0 Å². The number of hydrogen-bond donors (Lipinski definition) is 2. The topological polar surface area (TPSA) is 62.9 Å². The van der Waals surface area contributed by atoms with E-state index in [-0.39, 0.29) is 24.0 Å². The van der Waals surface area contributed by atoms with Gasteiger partial charge in [-0.15, -0.1) is 24.0 Å². The van der Waals surface area contributed by atoms with Crippen LogP contribution in [0.25, 0.3) is 0 Å². The van der Waals surface area contributed by atoms with Crippen LogP contribution in [0.1, 0.15) is 45.1 Å². The molecular formula is C21H37IN4O. The van der Waals surface area contributed by atoms with Crippen molar-refractivity contribution in [3.05, 3.63) is 35.9 Å². The van der Waals surface area contributed by atoms with Gasteiger partial charge in [-0.05, 0) is 37.2 Å². The Hall–Kier alpha value is -0.860. The minimum absolute atomic E-state index is 0. The molecule has 1 heterocycles. The largest absolute Gasteiger partial charge is 0.378 e. The molecule has 1 aromatic rings. The molecule has 1 aliphatic heterocycles. The summed E-state index contributed by atoms with van der Waals surface area (Å²) in [7, 11) is 0. The molecule has 1 fully saturated rings. The number of likely N-dealkylation sites (tertiary alicyclic amines) is 1. The third-order valence-corrected chi connectivity index (χ3v) is 4.75. The van der Waals surface area contributed by atoms with Gasteiger partial charge in [0.2, 0.25) is 0 Å². The van der Waals surface area contributed by atoms with Crippen molar-refractivity contribution in [2.24, 2.45) is 16.6 Å². The van der Waals surface area contributed by atoms with E-state index in [1.165, 1.54) is 5.56 Å². The van der Waals surface area contributed by atoms with E-state index in [4.69, 9.17) is 10.5 Å². The van der Waals surface area contributed by atoms with Gasteiger partial charge in [0.15, 0.2) is 5.96 Å². The summed E-state index contributed by atoms with van der Waals surface area (Å²) in [4.78, 5) is 6.87. The molecule has 1 aromatic carbocycles. The normalized spacial score (nSPS) is 16.3. The van der Waals surface area contributed by atoms with Crippen LogP contribution in [0.15, 0.2) is 35.3 Å². The molecule has 5 nitrogen and oxygen atoms in total. The predicted octanol–water partition coefficient (Wildman–Crippen LogP) is 3.63. The first-order valence-corrected chi connectivity index (χ1v) is 10.0. The quantitative estimate of drug-likeness (QED) is 0.229. The number of piperidine rings is 1. The van der Waals surface area contributed by atoms with Crippen molar-refractivity contribution < 1.29 is 4.74 Å². The fourth-order valence-corrected chi connectivity index (χ4v) is 3.13. The second kappa shape index (κ2) is 14.2. The van der Waals surface area contributed by atoms with Gasteiger partial charge in [-0.1, -0.05) is 44.2 Å². The lowest BCUT2D eigenvalue weighted by atomic mass is 10.1. The van der Waals surface area contributed by atoms with E-state index in [9.17, 15) is 0 Å². The minimum Gasteiger partial charge on any atom is -0.378 e. The summed E-state index contributed by atoms with van der Waals surface area (Å²) in [5.41, 5.74) is 7.25. The van der Waals surface area contributed by atoms with Crippen molar-refractivity contribution in [2.45, 2.75) is 52.2 Å². The van der Waals surface area contributed by atoms with E-state index < -0.39 is 0 Å². The molecule has 1 aliphatic rings. The highest BCUT2D eigenvalue weighted by Gasteiger charge is 2.19. The Morgan fingerprint density at radius 2 is 1.96 bits per heavy atom. The second-order valence-electron chi connectivity index (χ2n) is 7.56. The van der Waals surface area contributed by atoms with Gasteiger partial charge in [-0.3, -0.25) is 9.89 Å². The molecule has 6 heteroatoms. The number of nitrogens with one attached hydrogen (secondary N) is 1. The average Bonchev–Trinajstić information content (AvgIpc) is 2.63.